The fourth-order valence-electron chi connectivity index (χ4n) is 1.22. The molecule has 11 heavy (non-hydrogen) atoms. The van der Waals surface area contributed by atoms with Crippen LogP contribution >= 0.6 is 0 Å². The monoisotopic (exact) mass is 150 g/mol. The van der Waals surface area contributed by atoms with E-state index in [0.717, 1.165) is 0 Å². The standard InChI is InChI=1S/C7H6N2O2/c10-4-1-2-5(11)7-6(4)8-3-9-7/h1-3,6-7H,(H,8,9). The predicted octanol–water partition coefficient (Wildman–Crippen LogP) is -0.937. The van der Waals surface area contributed by atoms with Crippen molar-refractivity contribution in [1.29, 1.82) is 0 Å². The van der Waals surface area contributed by atoms with E-state index in [4.69, 9.17) is 0 Å². The van der Waals surface area contributed by atoms with E-state index in [2.05, 4.69) is 10.3 Å². The van der Waals surface area contributed by atoms with E-state index >= 15 is 0 Å². The summed E-state index contributed by atoms with van der Waals surface area (Å²) in [7, 11) is 0. The van der Waals surface area contributed by atoms with E-state index < -0.39 is 12.1 Å². The van der Waals surface area contributed by atoms with Gasteiger partial charge < -0.3 is 5.32 Å². The Morgan fingerprint density at radius 2 is 2.00 bits per heavy atom. The minimum atomic E-state index is -0.507. The van der Waals surface area contributed by atoms with Crippen LogP contribution in [0.2, 0.25) is 0 Å². The van der Waals surface area contributed by atoms with Crippen LogP contribution in [-0.2, 0) is 9.59 Å². The van der Waals surface area contributed by atoms with Gasteiger partial charge in [0.2, 0.25) is 0 Å². The van der Waals surface area contributed by atoms with E-state index in [-0.39, 0.29) is 11.6 Å². The SMILES string of the molecule is O=C1C=CC(=O)C2NC=NC12. The second-order valence-corrected chi connectivity index (χ2v) is 2.51. The number of nitrogens with zero attached hydrogens (tertiary/aromatic N) is 1. The lowest BCUT2D eigenvalue weighted by atomic mass is 9.95. The van der Waals surface area contributed by atoms with Gasteiger partial charge >= 0.3 is 0 Å². The van der Waals surface area contributed by atoms with Crippen molar-refractivity contribution in [3.63, 3.8) is 0 Å². The molecule has 1 aliphatic heterocycles. The minimum Gasteiger partial charge on any atom is -0.364 e. The molecule has 0 aromatic carbocycles. The third kappa shape index (κ3) is 0.790. The van der Waals surface area contributed by atoms with Crippen molar-refractivity contribution in [2.45, 2.75) is 12.1 Å². The number of carbonyl (C=O) groups excluding carboxylic acids is 2. The van der Waals surface area contributed by atoms with Crippen LogP contribution in [-0.4, -0.2) is 30.0 Å². The average Bonchev–Trinajstić information content (AvgIpc) is 2.45. The van der Waals surface area contributed by atoms with Gasteiger partial charge in [0.1, 0.15) is 12.1 Å². The van der Waals surface area contributed by atoms with Crippen LogP contribution in [0.3, 0.4) is 0 Å². The summed E-state index contributed by atoms with van der Waals surface area (Å²) in [5.74, 6) is -0.178. The van der Waals surface area contributed by atoms with Gasteiger partial charge in [0.05, 0.1) is 6.34 Å². The topological polar surface area (TPSA) is 58.5 Å². The van der Waals surface area contributed by atoms with Crippen LogP contribution in [0.1, 0.15) is 0 Å². The maximum absolute atomic E-state index is 11.0. The number of hydrogen-bond donors (Lipinski definition) is 1. The van der Waals surface area contributed by atoms with Gasteiger partial charge in [-0.2, -0.15) is 0 Å². The van der Waals surface area contributed by atoms with E-state index in [1.807, 2.05) is 0 Å². The number of fused-ring (bicyclic) bond motifs is 1. The molecule has 1 N–H and O–H groups in total. The summed E-state index contributed by atoms with van der Waals surface area (Å²) < 4.78 is 0. The Morgan fingerprint density at radius 3 is 2.73 bits per heavy atom. The smallest absolute Gasteiger partial charge is 0.182 e. The highest BCUT2D eigenvalue weighted by Gasteiger charge is 2.36. The number of carbonyl (C=O) groups is 2. The molecule has 0 aromatic rings. The van der Waals surface area contributed by atoms with Crippen LogP contribution in [0.15, 0.2) is 17.1 Å². The number of ketones is 2. The third-order valence-electron chi connectivity index (χ3n) is 1.81. The number of nitrogens with one attached hydrogen (secondary N) is 1. The number of hydrogen-bond acceptors (Lipinski definition) is 4. The molecule has 2 atom stereocenters. The fourth-order valence-corrected chi connectivity index (χ4v) is 1.22. The molecule has 0 aromatic heterocycles. The molecule has 4 nitrogen and oxygen atoms in total. The van der Waals surface area contributed by atoms with Crippen molar-refractivity contribution in [3.8, 4) is 0 Å². The zero-order chi connectivity index (χ0) is 7.84. The normalized spacial score (nSPS) is 33.8. The zero-order valence-electron chi connectivity index (χ0n) is 5.65. The summed E-state index contributed by atoms with van der Waals surface area (Å²) in [6.45, 7) is 0. The maximum Gasteiger partial charge on any atom is 0.182 e. The third-order valence-corrected chi connectivity index (χ3v) is 1.81. The molecular formula is C7H6N2O2. The summed E-state index contributed by atoms with van der Waals surface area (Å²) in [4.78, 5) is 25.9. The molecule has 56 valence electrons. The van der Waals surface area contributed by atoms with Gasteiger partial charge in [-0.1, -0.05) is 0 Å². The summed E-state index contributed by atoms with van der Waals surface area (Å²) in [6.07, 6.45) is 4.00. The fraction of sp³-hybridized carbons (Fsp3) is 0.286. The molecule has 4 heteroatoms. The minimum absolute atomic E-state index is 0.0768. The molecular weight excluding hydrogens is 144 g/mol. The van der Waals surface area contributed by atoms with E-state index in [9.17, 15) is 9.59 Å². The van der Waals surface area contributed by atoms with Gasteiger partial charge in [0.15, 0.2) is 11.6 Å². The van der Waals surface area contributed by atoms with Gasteiger partial charge in [-0.3, -0.25) is 14.6 Å². The highest BCUT2D eigenvalue weighted by Crippen LogP contribution is 2.12. The van der Waals surface area contributed by atoms with Crippen LogP contribution in [0.4, 0.5) is 0 Å². The quantitative estimate of drug-likeness (QED) is 0.485. The first-order chi connectivity index (χ1) is 5.29. The van der Waals surface area contributed by atoms with Crippen molar-refractivity contribution in [2.75, 3.05) is 0 Å². The van der Waals surface area contributed by atoms with Gasteiger partial charge in [-0.25, -0.2) is 0 Å². The van der Waals surface area contributed by atoms with Crippen LogP contribution in [0, 0.1) is 0 Å². The Morgan fingerprint density at radius 1 is 1.27 bits per heavy atom. The van der Waals surface area contributed by atoms with Crippen molar-refractivity contribution >= 4 is 17.9 Å². The van der Waals surface area contributed by atoms with Gasteiger partial charge in [-0.05, 0) is 12.2 Å². The second kappa shape index (κ2) is 2.02. The first-order valence-electron chi connectivity index (χ1n) is 3.32. The summed E-state index contributed by atoms with van der Waals surface area (Å²) in [6, 6.07) is -0.944. The zero-order valence-corrected chi connectivity index (χ0v) is 5.65. The summed E-state index contributed by atoms with van der Waals surface area (Å²) >= 11 is 0. The number of rotatable bonds is 0. The second-order valence-electron chi connectivity index (χ2n) is 2.51. The van der Waals surface area contributed by atoms with Crippen LogP contribution < -0.4 is 5.32 Å². The van der Waals surface area contributed by atoms with E-state index in [1.54, 1.807) is 0 Å². The van der Waals surface area contributed by atoms with Gasteiger partial charge in [0, 0.05) is 0 Å². The molecule has 0 saturated carbocycles. The number of aliphatic imine (C=N–C) groups is 1. The van der Waals surface area contributed by atoms with Gasteiger partial charge in [0.25, 0.3) is 0 Å². The Kier molecular flexibility index (Phi) is 1.15. The molecule has 0 amide bonds. The van der Waals surface area contributed by atoms with Crippen molar-refractivity contribution in [1.82, 2.24) is 5.32 Å². The maximum atomic E-state index is 11.0. The Balaban J connectivity index is 2.37. The first-order valence-corrected chi connectivity index (χ1v) is 3.32. The van der Waals surface area contributed by atoms with Crippen molar-refractivity contribution < 1.29 is 9.59 Å². The highest BCUT2D eigenvalue weighted by molar-refractivity contribution is 6.12. The molecule has 2 rings (SSSR count). The lowest BCUT2D eigenvalue weighted by Gasteiger charge is -2.16. The molecule has 1 aliphatic carbocycles. The van der Waals surface area contributed by atoms with Crippen molar-refractivity contribution in [2.24, 2.45) is 4.99 Å². The first kappa shape index (κ1) is 6.27. The molecule has 0 fully saturated rings. The Hall–Kier alpha value is -1.45. The molecule has 0 bridgehead atoms. The largest absolute Gasteiger partial charge is 0.364 e. The predicted molar refractivity (Wildman–Crippen MR) is 38.4 cm³/mol. The molecule has 0 radical (unpaired) electrons. The van der Waals surface area contributed by atoms with E-state index in [0.29, 0.717) is 0 Å². The Labute approximate surface area is 63.0 Å². The van der Waals surface area contributed by atoms with Gasteiger partial charge in [-0.15, -0.1) is 0 Å². The average molecular weight is 150 g/mol. The van der Waals surface area contributed by atoms with Crippen LogP contribution in [0.25, 0.3) is 0 Å². The molecule has 2 aliphatic rings. The lowest BCUT2D eigenvalue weighted by molar-refractivity contribution is -0.123. The molecule has 2 unspecified atom stereocenters. The molecule has 1 heterocycles. The Bertz CT molecular complexity index is 280. The van der Waals surface area contributed by atoms with Crippen molar-refractivity contribution in [3.05, 3.63) is 12.2 Å². The highest BCUT2D eigenvalue weighted by atomic mass is 16.1. The summed E-state index contributed by atoms with van der Waals surface area (Å²) in [5, 5.41) is 2.73. The summed E-state index contributed by atoms with van der Waals surface area (Å²) in [5.41, 5.74) is 0. The van der Waals surface area contributed by atoms with Crippen LogP contribution in [0.5, 0.6) is 0 Å². The molecule has 0 spiro atoms. The molecule has 0 saturated heterocycles. The lowest BCUT2D eigenvalue weighted by Crippen LogP contribution is -2.44. The van der Waals surface area contributed by atoms with E-state index in [1.165, 1.54) is 18.5 Å².